The van der Waals surface area contributed by atoms with Crippen molar-refractivity contribution in [1.82, 2.24) is 10.6 Å². The summed E-state index contributed by atoms with van der Waals surface area (Å²) in [5.74, 6) is 0. The number of hydrogen-bond donors (Lipinski definition) is 1. The van der Waals surface area contributed by atoms with Crippen LogP contribution in [0, 0.1) is 0 Å². The molecule has 0 amide bonds. The Labute approximate surface area is 79.3 Å². The Morgan fingerprint density at radius 3 is 3.08 bits per heavy atom. The highest BCUT2D eigenvalue weighted by Crippen LogP contribution is 2.24. The van der Waals surface area contributed by atoms with Gasteiger partial charge >= 0.3 is 8.25 Å². The third-order valence-electron chi connectivity index (χ3n) is 1.73. The maximum atomic E-state index is 11.0. The molecule has 13 heavy (non-hydrogen) atoms. The summed E-state index contributed by atoms with van der Waals surface area (Å²) in [6.07, 6.45) is 3.37. The Morgan fingerprint density at radius 1 is 1.46 bits per heavy atom. The number of hydrazine groups is 1. The molecule has 1 unspecified atom stereocenters. The molecule has 5 nitrogen and oxygen atoms in total. The first kappa shape index (κ1) is 11.0. The Balaban J connectivity index is 2.21. The first-order valence-electron chi connectivity index (χ1n) is 4.62. The van der Waals surface area contributed by atoms with Gasteiger partial charge in [-0.1, -0.05) is 11.6 Å². The minimum atomic E-state index is -2.00. The average Bonchev–Trinajstić information content (AvgIpc) is 2.33. The van der Waals surface area contributed by atoms with Gasteiger partial charge in [0.15, 0.2) is 0 Å². The van der Waals surface area contributed by atoms with Crippen LogP contribution in [-0.4, -0.2) is 24.9 Å². The summed E-state index contributed by atoms with van der Waals surface area (Å²) >= 11 is 0. The van der Waals surface area contributed by atoms with E-state index < -0.39 is 8.25 Å². The van der Waals surface area contributed by atoms with Crippen molar-refractivity contribution < 1.29 is 13.7 Å². The van der Waals surface area contributed by atoms with Gasteiger partial charge in [-0.25, -0.2) is 5.43 Å². The summed E-state index contributed by atoms with van der Waals surface area (Å²) in [6.45, 7) is 3.82. The highest BCUT2D eigenvalue weighted by atomic mass is 31.1. The normalized spacial score (nSPS) is 21.2. The number of nitrogens with one attached hydrogen (secondary N) is 1. The van der Waals surface area contributed by atoms with Gasteiger partial charge in [-0.05, 0) is 24.4 Å². The molecule has 1 heterocycles. The van der Waals surface area contributed by atoms with Gasteiger partial charge in [0.1, 0.15) is 6.61 Å². The van der Waals surface area contributed by atoms with E-state index in [4.69, 9.17) is 9.15 Å². The predicted octanol–water partition coefficient (Wildman–Crippen LogP) is 1.60. The van der Waals surface area contributed by atoms with Gasteiger partial charge in [0.2, 0.25) is 0 Å². The number of nitrogens with zero attached hydrogens (tertiary/aromatic N) is 1. The minimum Gasteiger partial charge on any atom is -0.228 e. The van der Waals surface area contributed by atoms with Crippen LogP contribution in [0.15, 0.2) is 0 Å². The molecule has 1 fully saturated rings. The predicted molar refractivity (Wildman–Crippen MR) is 48.9 cm³/mol. The molecule has 0 aromatic rings. The second-order valence-electron chi connectivity index (χ2n) is 2.79. The van der Waals surface area contributed by atoms with Crippen molar-refractivity contribution >= 4 is 8.25 Å². The Bertz CT molecular complexity index is 160. The Hall–Kier alpha value is -0.0600. The first-order valence-corrected chi connectivity index (χ1v) is 5.71. The van der Waals surface area contributed by atoms with Crippen LogP contribution >= 0.6 is 8.25 Å². The molecule has 0 bridgehead atoms. The van der Waals surface area contributed by atoms with Crippen LogP contribution in [0.1, 0.15) is 26.2 Å². The molecule has 0 spiro atoms. The second-order valence-corrected chi connectivity index (χ2v) is 3.66. The topological polar surface area (TPSA) is 50.8 Å². The van der Waals surface area contributed by atoms with Crippen LogP contribution in [0.3, 0.4) is 0 Å². The fourth-order valence-corrected chi connectivity index (χ4v) is 1.68. The van der Waals surface area contributed by atoms with Gasteiger partial charge in [0, 0.05) is 17.7 Å². The van der Waals surface area contributed by atoms with E-state index in [2.05, 4.69) is 5.43 Å². The summed E-state index contributed by atoms with van der Waals surface area (Å²) in [4.78, 5) is 0. The second kappa shape index (κ2) is 6.40. The lowest BCUT2D eigenvalue weighted by molar-refractivity contribution is -0.105. The third-order valence-corrected chi connectivity index (χ3v) is 2.53. The zero-order chi connectivity index (χ0) is 9.52. The molecule has 1 aliphatic heterocycles. The van der Waals surface area contributed by atoms with E-state index in [1.165, 1.54) is 11.6 Å². The summed E-state index contributed by atoms with van der Waals surface area (Å²) in [6, 6.07) is 0. The van der Waals surface area contributed by atoms with E-state index in [1.807, 2.05) is 0 Å². The van der Waals surface area contributed by atoms with Crippen LogP contribution in [0.4, 0.5) is 0 Å². The highest BCUT2D eigenvalue weighted by molar-refractivity contribution is 7.33. The van der Waals surface area contributed by atoms with E-state index >= 15 is 0 Å². The lowest BCUT2D eigenvalue weighted by Crippen LogP contribution is -2.35. The van der Waals surface area contributed by atoms with Crippen molar-refractivity contribution in [2.75, 3.05) is 19.7 Å². The smallest absolute Gasteiger partial charge is 0.228 e. The van der Waals surface area contributed by atoms with E-state index in [-0.39, 0.29) is 0 Å². The standard InChI is InChI=1S/C7H16N2O3P/c1-2-11-13(10)12-9-7-5-3-4-6-8-9/h8H,2-7H2,1H3/q+1. The molecular formula is C7H16N2O3P+. The van der Waals surface area contributed by atoms with Crippen LogP contribution < -0.4 is 5.43 Å². The fraction of sp³-hybridized carbons (Fsp3) is 1.00. The minimum absolute atomic E-state index is 0.406. The lowest BCUT2D eigenvalue weighted by atomic mass is 10.2. The van der Waals surface area contributed by atoms with Gasteiger partial charge in [-0.3, -0.25) is 0 Å². The fourth-order valence-electron chi connectivity index (χ4n) is 1.12. The molecule has 1 rings (SSSR count). The molecule has 1 saturated heterocycles. The molecule has 1 atom stereocenters. The van der Waals surface area contributed by atoms with Gasteiger partial charge in [0.25, 0.3) is 0 Å². The van der Waals surface area contributed by atoms with Crippen molar-refractivity contribution in [3.05, 3.63) is 0 Å². The number of rotatable bonds is 4. The van der Waals surface area contributed by atoms with Crippen LogP contribution in [0.2, 0.25) is 0 Å². The lowest BCUT2D eigenvalue weighted by Gasteiger charge is -2.10. The molecule has 0 aromatic carbocycles. The maximum absolute atomic E-state index is 11.0. The summed E-state index contributed by atoms with van der Waals surface area (Å²) in [7, 11) is -2.00. The summed E-state index contributed by atoms with van der Waals surface area (Å²) in [5.41, 5.74) is 3.02. The van der Waals surface area contributed by atoms with E-state index in [1.54, 1.807) is 6.92 Å². The zero-order valence-electron chi connectivity index (χ0n) is 7.86. The third kappa shape index (κ3) is 4.64. The highest BCUT2D eigenvalue weighted by Gasteiger charge is 2.25. The molecule has 0 aliphatic carbocycles. The molecule has 1 N–H and O–H groups in total. The Kier molecular flexibility index (Phi) is 5.43. The van der Waals surface area contributed by atoms with Gasteiger partial charge < -0.3 is 0 Å². The molecule has 0 saturated carbocycles. The maximum Gasteiger partial charge on any atom is 0.717 e. The summed E-state index contributed by atoms with van der Waals surface area (Å²) in [5, 5.41) is 1.52. The molecule has 0 radical (unpaired) electrons. The molecular weight excluding hydrogens is 191 g/mol. The quantitative estimate of drug-likeness (QED) is 0.709. The van der Waals surface area contributed by atoms with Gasteiger partial charge in [-0.2, -0.15) is 0 Å². The van der Waals surface area contributed by atoms with Crippen molar-refractivity contribution in [2.45, 2.75) is 26.2 Å². The number of hydrogen-bond acceptors (Lipinski definition) is 5. The molecule has 76 valence electrons. The van der Waals surface area contributed by atoms with Crippen molar-refractivity contribution in [3.63, 3.8) is 0 Å². The van der Waals surface area contributed by atoms with Crippen LogP contribution in [0.25, 0.3) is 0 Å². The van der Waals surface area contributed by atoms with Gasteiger partial charge in [0.05, 0.1) is 0 Å². The molecule has 0 aromatic heterocycles. The van der Waals surface area contributed by atoms with E-state index in [9.17, 15) is 4.57 Å². The van der Waals surface area contributed by atoms with Crippen LogP contribution in [0.5, 0.6) is 0 Å². The van der Waals surface area contributed by atoms with E-state index in [0.29, 0.717) is 6.61 Å². The number of hydroxylamine groups is 1. The van der Waals surface area contributed by atoms with Crippen LogP contribution in [-0.2, 0) is 13.7 Å². The first-order chi connectivity index (χ1) is 6.33. The molecule has 6 heteroatoms. The van der Waals surface area contributed by atoms with Crippen molar-refractivity contribution in [3.8, 4) is 0 Å². The van der Waals surface area contributed by atoms with Gasteiger partial charge in [-0.15, -0.1) is 4.52 Å². The van der Waals surface area contributed by atoms with Crippen molar-refractivity contribution in [1.29, 1.82) is 0 Å². The summed E-state index contributed by atoms with van der Waals surface area (Å²) < 4.78 is 20.9. The monoisotopic (exact) mass is 207 g/mol. The zero-order valence-corrected chi connectivity index (χ0v) is 8.76. The van der Waals surface area contributed by atoms with Crippen molar-refractivity contribution in [2.24, 2.45) is 0 Å². The SMILES string of the molecule is CCO[P+](=O)ON1CCCCCN1. The Morgan fingerprint density at radius 2 is 2.31 bits per heavy atom. The van der Waals surface area contributed by atoms with E-state index in [0.717, 1.165) is 25.9 Å². The largest absolute Gasteiger partial charge is 0.717 e. The average molecular weight is 207 g/mol. The molecule has 1 aliphatic rings.